The standard InChI is InChI=1S/C14H17N3/c1-4-15-14-16-6-5-13(17-14)12-8-10(2)7-11(3)9-12/h5-9H,4H2,1-3H3,(H,15,16,17). The lowest BCUT2D eigenvalue weighted by Gasteiger charge is -2.06. The first-order valence-corrected chi connectivity index (χ1v) is 5.84. The van der Waals surface area contributed by atoms with Crippen LogP contribution in [-0.2, 0) is 0 Å². The van der Waals surface area contributed by atoms with Gasteiger partial charge in [-0.1, -0.05) is 17.2 Å². The summed E-state index contributed by atoms with van der Waals surface area (Å²) in [6, 6.07) is 8.39. The van der Waals surface area contributed by atoms with Gasteiger partial charge in [0.25, 0.3) is 0 Å². The van der Waals surface area contributed by atoms with Crippen molar-refractivity contribution in [3.8, 4) is 11.3 Å². The first kappa shape index (κ1) is 11.6. The molecule has 2 rings (SSSR count). The highest BCUT2D eigenvalue weighted by Crippen LogP contribution is 2.20. The molecule has 0 aliphatic rings. The van der Waals surface area contributed by atoms with E-state index in [4.69, 9.17) is 0 Å². The van der Waals surface area contributed by atoms with Gasteiger partial charge in [-0.05, 0) is 39.0 Å². The van der Waals surface area contributed by atoms with Crippen molar-refractivity contribution in [2.24, 2.45) is 0 Å². The number of aromatic nitrogens is 2. The molecule has 0 fully saturated rings. The molecule has 0 saturated carbocycles. The molecular formula is C14H17N3. The van der Waals surface area contributed by atoms with Crippen LogP contribution in [0.2, 0.25) is 0 Å². The minimum Gasteiger partial charge on any atom is -0.354 e. The van der Waals surface area contributed by atoms with Gasteiger partial charge in [0.2, 0.25) is 5.95 Å². The maximum Gasteiger partial charge on any atom is 0.223 e. The lowest BCUT2D eigenvalue weighted by Crippen LogP contribution is -2.02. The summed E-state index contributed by atoms with van der Waals surface area (Å²) in [4.78, 5) is 8.67. The summed E-state index contributed by atoms with van der Waals surface area (Å²) < 4.78 is 0. The fourth-order valence-electron chi connectivity index (χ4n) is 1.89. The molecule has 17 heavy (non-hydrogen) atoms. The second-order valence-electron chi connectivity index (χ2n) is 4.17. The van der Waals surface area contributed by atoms with Gasteiger partial charge in [0, 0.05) is 18.3 Å². The molecule has 0 saturated heterocycles. The molecule has 0 radical (unpaired) electrons. The second kappa shape index (κ2) is 4.95. The van der Waals surface area contributed by atoms with Crippen LogP contribution in [0.1, 0.15) is 18.1 Å². The summed E-state index contributed by atoms with van der Waals surface area (Å²) in [7, 11) is 0. The Kier molecular flexibility index (Phi) is 3.38. The van der Waals surface area contributed by atoms with Crippen LogP contribution in [0.3, 0.4) is 0 Å². The van der Waals surface area contributed by atoms with Crippen molar-refractivity contribution >= 4 is 5.95 Å². The van der Waals surface area contributed by atoms with Crippen LogP contribution in [0.4, 0.5) is 5.95 Å². The molecule has 3 heteroatoms. The molecule has 1 aromatic heterocycles. The van der Waals surface area contributed by atoms with Gasteiger partial charge < -0.3 is 5.32 Å². The fourth-order valence-corrected chi connectivity index (χ4v) is 1.89. The van der Waals surface area contributed by atoms with Gasteiger partial charge in [-0.2, -0.15) is 0 Å². The number of rotatable bonds is 3. The Balaban J connectivity index is 2.41. The Morgan fingerprint density at radius 3 is 2.47 bits per heavy atom. The average molecular weight is 227 g/mol. The number of benzene rings is 1. The van der Waals surface area contributed by atoms with Crippen molar-refractivity contribution in [2.75, 3.05) is 11.9 Å². The molecule has 0 aliphatic heterocycles. The third-order valence-corrected chi connectivity index (χ3v) is 2.51. The highest BCUT2D eigenvalue weighted by atomic mass is 15.1. The monoisotopic (exact) mass is 227 g/mol. The van der Waals surface area contributed by atoms with Gasteiger partial charge in [-0.15, -0.1) is 0 Å². The SMILES string of the molecule is CCNc1nccc(-c2cc(C)cc(C)c2)n1. The lowest BCUT2D eigenvalue weighted by atomic mass is 10.1. The minimum absolute atomic E-state index is 0.684. The van der Waals surface area contributed by atoms with Crippen LogP contribution in [-0.4, -0.2) is 16.5 Å². The van der Waals surface area contributed by atoms with Crippen LogP contribution in [0, 0.1) is 13.8 Å². The Morgan fingerprint density at radius 2 is 1.82 bits per heavy atom. The van der Waals surface area contributed by atoms with E-state index in [1.54, 1.807) is 6.20 Å². The van der Waals surface area contributed by atoms with Crippen molar-refractivity contribution in [1.29, 1.82) is 0 Å². The Bertz CT molecular complexity index is 500. The quantitative estimate of drug-likeness (QED) is 0.875. The lowest BCUT2D eigenvalue weighted by molar-refractivity contribution is 1.09. The first-order valence-electron chi connectivity index (χ1n) is 5.84. The van der Waals surface area contributed by atoms with E-state index >= 15 is 0 Å². The third-order valence-electron chi connectivity index (χ3n) is 2.51. The normalized spacial score (nSPS) is 10.3. The number of nitrogens with one attached hydrogen (secondary N) is 1. The number of hydrogen-bond acceptors (Lipinski definition) is 3. The molecule has 0 amide bonds. The zero-order chi connectivity index (χ0) is 12.3. The molecule has 2 aromatic rings. The van der Waals surface area contributed by atoms with Crippen molar-refractivity contribution in [3.63, 3.8) is 0 Å². The molecule has 0 aliphatic carbocycles. The van der Waals surface area contributed by atoms with E-state index in [1.165, 1.54) is 11.1 Å². The number of nitrogens with zero attached hydrogens (tertiary/aromatic N) is 2. The molecule has 1 aromatic carbocycles. The Labute approximate surface area is 102 Å². The molecule has 3 nitrogen and oxygen atoms in total. The summed E-state index contributed by atoms with van der Waals surface area (Å²) in [5, 5.41) is 3.12. The van der Waals surface area contributed by atoms with Crippen molar-refractivity contribution in [3.05, 3.63) is 41.6 Å². The second-order valence-corrected chi connectivity index (χ2v) is 4.17. The largest absolute Gasteiger partial charge is 0.354 e. The highest BCUT2D eigenvalue weighted by molar-refractivity contribution is 5.62. The van der Waals surface area contributed by atoms with Crippen molar-refractivity contribution < 1.29 is 0 Å². The fraction of sp³-hybridized carbons (Fsp3) is 0.286. The van der Waals surface area contributed by atoms with E-state index in [2.05, 4.69) is 47.3 Å². The maximum absolute atomic E-state index is 4.49. The van der Waals surface area contributed by atoms with Gasteiger partial charge in [-0.25, -0.2) is 9.97 Å². The highest BCUT2D eigenvalue weighted by Gasteiger charge is 2.02. The van der Waals surface area contributed by atoms with E-state index in [1.807, 2.05) is 13.0 Å². The van der Waals surface area contributed by atoms with Crippen LogP contribution in [0.5, 0.6) is 0 Å². The van der Waals surface area contributed by atoms with Gasteiger partial charge in [-0.3, -0.25) is 0 Å². The molecule has 1 heterocycles. The predicted octanol–water partition coefficient (Wildman–Crippen LogP) is 3.19. The summed E-state index contributed by atoms with van der Waals surface area (Å²) in [5.41, 5.74) is 4.61. The zero-order valence-electron chi connectivity index (χ0n) is 10.5. The zero-order valence-corrected chi connectivity index (χ0v) is 10.5. The molecular weight excluding hydrogens is 210 g/mol. The van der Waals surface area contributed by atoms with E-state index < -0.39 is 0 Å². The third kappa shape index (κ3) is 2.81. The predicted molar refractivity (Wildman–Crippen MR) is 71.1 cm³/mol. The van der Waals surface area contributed by atoms with Crippen LogP contribution >= 0.6 is 0 Å². The minimum atomic E-state index is 0.684. The van der Waals surface area contributed by atoms with Gasteiger partial charge in [0.15, 0.2) is 0 Å². The smallest absolute Gasteiger partial charge is 0.223 e. The number of aryl methyl sites for hydroxylation is 2. The first-order chi connectivity index (χ1) is 8.19. The van der Waals surface area contributed by atoms with Gasteiger partial charge >= 0.3 is 0 Å². The Morgan fingerprint density at radius 1 is 1.12 bits per heavy atom. The van der Waals surface area contributed by atoms with E-state index in [9.17, 15) is 0 Å². The average Bonchev–Trinajstić information content (AvgIpc) is 2.28. The van der Waals surface area contributed by atoms with Crippen LogP contribution < -0.4 is 5.32 Å². The van der Waals surface area contributed by atoms with Gasteiger partial charge in [0.1, 0.15) is 0 Å². The number of anilines is 1. The molecule has 0 spiro atoms. The Hall–Kier alpha value is -1.90. The molecule has 1 N–H and O–H groups in total. The van der Waals surface area contributed by atoms with E-state index in [0.29, 0.717) is 5.95 Å². The van der Waals surface area contributed by atoms with Crippen molar-refractivity contribution in [1.82, 2.24) is 9.97 Å². The topological polar surface area (TPSA) is 37.8 Å². The van der Waals surface area contributed by atoms with Gasteiger partial charge in [0.05, 0.1) is 5.69 Å². The molecule has 0 atom stereocenters. The molecule has 88 valence electrons. The summed E-state index contributed by atoms with van der Waals surface area (Å²) in [6.45, 7) is 7.06. The molecule has 0 unspecified atom stereocenters. The van der Waals surface area contributed by atoms with Crippen LogP contribution in [0.15, 0.2) is 30.5 Å². The van der Waals surface area contributed by atoms with E-state index in [-0.39, 0.29) is 0 Å². The summed E-state index contributed by atoms with van der Waals surface area (Å²) >= 11 is 0. The van der Waals surface area contributed by atoms with Crippen molar-refractivity contribution in [2.45, 2.75) is 20.8 Å². The summed E-state index contributed by atoms with van der Waals surface area (Å²) in [5.74, 6) is 0.684. The number of hydrogen-bond donors (Lipinski definition) is 1. The van der Waals surface area contributed by atoms with E-state index in [0.717, 1.165) is 17.8 Å². The maximum atomic E-state index is 4.49. The van der Waals surface area contributed by atoms with Crippen LogP contribution in [0.25, 0.3) is 11.3 Å². The summed E-state index contributed by atoms with van der Waals surface area (Å²) in [6.07, 6.45) is 1.79. The molecule has 0 bridgehead atoms.